The molecule has 0 aliphatic carbocycles. The molecule has 4 nitrogen and oxygen atoms in total. The summed E-state index contributed by atoms with van der Waals surface area (Å²) in [6, 6.07) is 0.630. The zero-order chi connectivity index (χ0) is 15.2. The molecule has 0 N–H and O–H groups in total. The van der Waals surface area contributed by atoms with Crippen LogP contribution in [0.3, 0.4) is 0 Å². The fourth-order valence-corrected chi connectivity index (χ4v) is 3.03. The maximum atomic E-state index is 4.36. The minimum atomic E-state index is 0. The summed E-state index contributed by atoms with van der Waals surface area (Å²) in [6.45, 7) is 9.45. The Kier molecular flexibility index (Phi) is 16.6. The smallest absolute Gasteiger partial charge is 0.0543 e. The summed E-state index contributed by atoms with van der Waals surface area (Å²) in [5, 5.41) is 4.36. The first-order valence-corrected chi connectivity index (χ1v) is 8.42. The number of likely N-dealkylation sites (tertiary alicyclic amines) is 2. The first-order valence-electron chi connectivity index (χ1n) is 8.42. The molecule has 3 rings (SSSR count). The van der Waals surface area contributed by atoms with Gasteiger partial charge < -0.3 is 9.80 Å². The van der Waals surface area contributed by atoms with Gasteiger partial charge in [-0.2, -0.15) is 5.10 Å². The molecule has 3 heterocycles. The van der Waals surface area contributed by atoms with Crippen LogP contribution in [0.2, 0.25) is 0 Å². The van der Waals surface area contributed by atoms with Gasteiger partial charge in [-0.25, -0.2) is 0 Å². The minimum absolute atomic E-state index is 0. The van der Waals surface area contributed by atoms with Crippen molar-refractivity contribution in [3.8, 4) is 0 Å². The molecular weight excluding hydrogens is 308 g/mol. The molecule has 2 fully saturated rings. The van der Waals surface area contributed by atoms with Gasteiger partial charge in [-0.1, -0.05) is 36.6 Å². The van der Waals surface area contributed by atoms with E-state index in [0.29, 0.717) is 6.04 Å². The lowest BCUT2D eigenvalue weighted by Crippen LogP contribution is -2.31. The Morgan fingerprint density at radius 3 is 1.64 bits per heavy atom. The van der Waals surface area contributed by atoms with Crippen molar-refractivity contribution in [3.05, 3.63) is 18.0 Å². The molecule has 0 spiro atoms. The van der Waals surface area contributed by atoms with Crippen molar-refractivity contribution in [1.82, 2.24) is 19.6 Å². The van der Waals surface area contributed by atoms with Gasteiger partial charge in [0.2, 0.25) is 0 Å². The quantitative estimate of drug-likeness (QED) is 0.678. The standard InChI is InChI=1S/C10H17N3.C7H15N.4CH4/c1-9-7-11-13(8-9)10-3-5-12(2)6-4-10;1-7-3-5-8(2)6-4-7;;;;/h7-8,10H,3-6H2,1-2H3;7H,3-6H2,1-2H3;4*1H4. The molecule has 0 amide bonds. The molecule has 2 aliphatic heterocycles. The van der Waals surface area contributed by atoms with Gasteiger partial charge in [0.1, 0.15) is 0 Å². The predicted molar refractivity (Wildman–Crippen MR) is 116 cm³/mol. The van der Waals surface area contributed by atoms with Gasteiger partial charge in [-0.3, -0.25) is 4.68 Å². The maximum absolute atomic E-state index is 4.36. The van der Waals surface area contributed by atoms with Gasteiger partial charge in [0, 0.05) is 6.20 Å². The Labute approximate surface area is 159 Å². The van der Waals surface area contributed by atoms with Crippen molar-refractivity contribution >= 4 is 0 Å². The number of aryl methyl sites for hydroxylation is 1. The lowest BCUT2D eigenvalue weighted by atomic mass is 10.00. The SMILES string of the molecule is C.C.C.C.CC1CCN(C)CC1.Cc1cnn(C2CCN(C)CC2)c1. The number of aromatic nitrogens is 2. The summed E-state index contributed by atoms with van der Waals surface area (Å²) < 4.78 is 2.13. The third-order valence-electron chi connectivity index (χ3n) is 4.80. The van der Waals surface area contributed by atoms with E-state index in [1.807, 2.05) is 6.20 Å². The molecule has 0 atom stereocenters. The monoisotopic (exact) mass is 356 g/mol. The summed E-state index contributed by atoms with van der Waals surface area (Å²) in [7, 11) is 4.39. The molecule has 2 aliphatic rings. The van der Waals surface area contributed by atoms with Crippen LogP contribution in [0.5, 0.6) is 0 Å². The van der Waals surface area contributed by atoms with Crippen LogP contribution in [-0.2, 0) is 0 Å². The molecule has 0 unspecified atom stereocenters. The Hall–Kier alpha value is -0.870. The van der Waals surface area contributed by atoms with Crippen LogP contribution in [0, 0.1) is 12.8 Å². The first kappa shape index (κ1) is 28.9. The number of piperidine rings is 2. The molecule has 0 bridgehead atoms. The maximum Gasteiger partial charge on any atom is 0.0543 e. The zero-order valence-electron chi connectivity index (χ0n) is 14.3. The van der Waals surface area contributed by atoms with E-state index in [1.165, 1.54) is 57.4 Å². The third-order valence-corrected chi connectivity index (χ3v) is 4.80. The van der Waals surface area contributed by atoms with Crippen molar-refractivity contribution < 1.29 is 0 Å². The van der Waals surface area contributed by atoms with E-state index >= 15 is 0 Å². The number of nitrogens with zero attached hydrogens (tertiary/aromatic N) is 4. The molecule has 4 heteroatoms. The molecule has 152 valence electrons. The summed E-state index contributed by atoms with van der Waals surface area (Å²) in [5.41, 5.74) is 1.26. The first-order chi connectivity index (χ1) is 10.0. The van der Waals surface area contributed by atoms with Crippen LogP contribution in [0.25, 0.3) is 0 Å². The highest BCUT2D eigenvalue weighted by Gasteiger charge is 2.18. The third kappa shape index (κ3) is 10.0. The largest absolute Gasteiger partial charge is 0.306 e. The summed E-state index contributed by atoms with van der Waals surface area (Å²) in [4.78, 5) is 4.78. The highest BCUT2D eigenvalue weighted by molar-refractivity contribution is 5.00. The van der Waals surface area contributed by atoms with Crippen molar-refractivity contribution in [3.63, 3.8) is 0 Å². The van der Waals surface area contributed by atoms with Gasteiger partial charge in [-0.05, 0) is 84.4 Å². The van der Waals surface area contributed by atoms with Gasteiger partial charge in [0.25, 0.3) is 0 Å². The Morgan fingerprint density at radius 2 is 1.28 bits per heavy atom. The topological polar surface area (TPSA) is 24.3 Å². The van der Waals surface area contributed by atoms with E-state index in [9.17, 15) is 0 Å². The fourth-order valence-electron chi connectivity index (χ4n) is 3.03. The Bertz CT molecular complexity index is 390. The lowest BCUT2D eigenvalue weighted by molar-refractivity contribution is 0.212. The molecule has 1 aromatic heterocycles. The average molecular weight is 357 g/mol. The van der Waals surface area contributed by atoms with Crippen LogP contribution in [-0.4, -0.2) is 59.9 Å². The van der Waals surface area contributed by atoms with Gasteiger partial charge >= 0.3 is 0 Å². The normalized spacial score (nSPS) is 19.2. The van der Waals surface area contributed by atoms with Crippen LogP contribution in [0.15, 0.2) is 12.4 Å². The van der Waals surface area contributed by atoms with E-state index in [-0.39, 0.29) is 29.7 Å². The van der Waals surface area contributed by atoms with E-state index in [4.69, 9.17) is 0 Å². The van der Waals surface area contributed by atoms with E-state index in [0.717, 1.165) is 5.92 Å². The second-order valence-electron chi connectivity index (χ2n) is 7.02. The van der Waals surface area contributed by atoms with Crippen molar-refractivity contribution in [2.45, 2.75) is 75.3 Å². The number of rotatable bonds is 1. The summed E-state index contributed by atoms with van der Waals surface area (Å²) in [6.07, 6.45) is 9.36. The number of hydrogen-bond acceptors (Lipinski definition) is 3. The van der Waals surface area contributed by atoms with Crippen molar-refractivity contribution in [2.75, 3.05) is 40.3 Å². The molecule has 0 radical (unpaired) electrons. The van der Waals surface area contributed by atoms with E-state index in [2.05, 4.69) is 53.7 Å². The van der Waals surface area contributed by atoms with Gasteiger partial charge in [0.05, 0.1) is 12.2 Å². The zero-order valence-corrected chi connectivity index (χ0v) is 14.3. The number of hydrogen-bond donors (Lipinski definition) is 0. The fraction of sp³-hybridized carbons (Fsp3) is 0.857. The molecular formula is C21H48N4. The van der Waals surface area contributed by atoms with Crippen molar-refractivity contribution in [2.24, 2.45) is 5.92 Å². The van der Waals surface area contributed by atoms with Crippen LogP contribution >= 0.6 is 0 Å². The molecule has 0 saturated carbocycles. The second kappa shape index (κ2) is 14.3. The van der Waals surface area contributed by atoms with Crippen LogP contribution < -0.4 is 0 Å². The summed E-state index contributed by atoms with van der Waals surface area (Å²) >= 11 is 0. The van der Waals surface area contributed by atoms with Crippen LogP contribution in [0.4, 0.5) is 0 Å². The predicted octanol–water partition coefficient (Wildman–Crippen LogP) is 5.35. The highest BCUT2D eigenvalue weighted by atomic mass is 15.3. The average Bonchev–Trinajstić information content (AvgIpc) is 2.90. The van der Waals surface area contributed by atoms with Gasteiger partial charge in [-0.15, -0.1) is 0 Å². The molecule has 25 heavy (non-hydrogen) atoms. The van der Waals surface area contributed by atoms with E-state index in [1.54, 1.807) is 0 Å². The second-order valence-corrected chi connectivity index (χ2v) is 7.02. The Balaban J connectivity index is -0.000000360. The lowest BCUT2D eigenvalue weighted by Gasteiger charge is -2.28. The summed E-state index contributed by atoms with van der Waals surface area (Å²) in [5.74, 6) is 0.978. The van der Waals surface area contributed by atoms with Crippen molar-refractivity contribution in [1.29, 1.82) is 0 Å². The Morgan fingerprint density at radius 1 is 0.840 bits per heavy atom. The highest BCUT2D eigenvalue weighted by Crippen LogP contribution is 2.20. The molecule has 1 aromatic rings. The van der Waals surface area contributed by atoms with E-state index < -0.39 is 0 Å². The molecule has 2 saturated heterocycles. The molecule has 0 aromatic carbocycles. The van der Waals surface area contributed by atoms with Gasteiger partial charge in [0.15, 0.2) is 0 Å². The minimum Gasteiger partial charge on any atom is -0.306 e. The van der Waals surface area contributed by atoms with Crippen LogP contribution in [0.1, 0.15) is 73.9 Å².